The molecule has 12 aromatic rings. The summed E-state index contributed by atoms with van der Waals surface area (Å²) in [4.78, 5) is 15.6. The minimum atomic E-state index is 0.246. The van der Waals surface area contributed by atoms with E-state index in [0.29, 0.717) is 23.1 Å². The zero-order valence-corrected chi connectivity index (χ0v) is 33.9. The third kappa shape index (κ3) is 5.62. The molecule has 13 rings (SSSR count). The van der Waals surface area contributed by atoms with Crippen LogP contribution in [-0.4, -0.2) is 19.5 Å². The average molecular weight is 809 g/mol. The topological polar surface area (TPSA) is 69.9 Å². The van der Waals surface area contributed by atoms with Crippen LogP contribution in [0.1, 0.15) is 17.9 Å². The lowest BCUT2D eigenvalue weighted by Gasteiger charge is -2.18. The third-order valence-electron chi connectivity index (χ3n) is 12.6. The summed E-state index contributed by atoms with van der Waals surface area (Å²) in [5, 5.41) is 6.46. The molecule has 4 heterocycles. The minimum Gasteiger partial charge on any atom is -0.456 e. The molecule has 0 bridgehead atoms. The van der Waals surface area contributed by atoms with Crippen molar-refractivity contribution < 1.29 is 8.83 Å². The zero-order chi connectivity index (χ0) is 41.4. The normalized spacial score (nSPS) is 14.0. The molecule has 0 radical (unpaired) electrons. The summed E-state index contributed by atoms with van der Waals surface area (Å²) in [5.74, 6) is 1.91. The van der Waals surface area contributed by atoms with Gasteiger partial charge in [0, 0.05) is 49.4 Å². The lowest BCUT2D eigenvalue weighted by atomic mass is 9.87. The molecule has 1 aliphatic rings. The summed E-state index contributed by atoms with van der Waals surface area (Å²) in [7, 11) is 0. The molecule has 1 aliphatic carbocycles. The van der Waals surface area contributed by atoms with Gasteiger partial charge in [-0.15, -0.1) is 0 Å². The first-order valence-electron chi connectivity index (χ1n) is 21.4. The van der Waals surface area contributed by atoms with Crippen LogP contribution in [0.15, 0.2) is 209 Å². The third-order valence-corrected chi connectivity index (χ3v) is 12.6. The smallest absolute Gasteiger partial charge is 0.167 e. The lowest BCUT2D eigenvalue weighted by Crippen LogP contribution is -2.00. The number of aromatic nitrogens is 4. The van der Waals surface area contributed by atoms with Crippen LogP contribution in [0.25, 0.3) is 117 Å². The number of allylic oxidation sites excluding steroid dienone is 4. The molecular formula is C57H36N4O2. The number of rotatable bonds is 6. The van der Waals surface area contributed by atoms with Gasteiger partial charge in [0.05, 0.1) is 22.3 Å². The standard InChI is InChI=1S/C57H36N4O2/c1-4-17-35(18-5-1)38-33-45(36-19-6-2-7-20-36)51-41-23-10-12-29-46(41)61(48(51)34-38)47-30-15-26-40-39-25-14-28-44(53(39)63-54(40)47)57-59-55(37-21-8-3-9-22-37)58-56(60-57)43-27-16-32-50-52(43)42-24-11-13-31-49(42)62-50/h1-19,21-34,36H,20H2. The van der Waals surface area contributed by atoms with E-state index in [9.17, 15) is 0 Å². The molecule has 0 N–H and O–H groups in total. The summed E-state index contributed by atoms with van der Waals surface area (Å²) in [6, 6.07) is 61.2. The van der Waals surface area contributed by atoms with Crippen LogP contribution in [0.4, 0.5) is 0 Å². The number of hydrogen-bond donors (Lipinski definition) is 0. The molecule has 1 atom stereocenters. The molecule has 0 spiro atoms. The average Bonchev–Trinajstić information content (AvgIpc) is 4.04. The van der Waals surface area contributed by atoms with E-state index in [2.05, 4.69) is 144 Å². The molecule has 0 saturated carbocycles. The molecular weight excluding hydrogens is 773 g/mol. The lowest BCUT2D eigenvalue weighted by molar-refractivity contribution is 0.667. The maximum Gasteiger partial charge on any atom is 0.167 e. The highest BCUT2D eigenvalue weighted by Gasteiger charge is 2.25. The van der Waals surface area contributed by atoms with Gasteiger partial charge in [-0.1, -0.05) is 158 Å². The van der Waals surface area contributed by atoms with Crippen LogP contribution in [0.2, 0.25) is 0 Å². The van der Waals surface area contributed by atoms with E-state index in [1.165, 1.54) is 27.5 Å². The van der Waals surface area contributed by atoms with Crippen molar-refractivity contribution in [1.82, 2.24) is 19.5 Å². The van der Waals surface area contributed by atoms with Crippen molar-refractivity contribution in [1.29, 1.82) is 0 Å². The van der Waals surface area contributed by atoms with E-state index in [0.717, 1.165) is 78.1 Å². The molecule has 0 amide bonds. The maximum absolute atomic E-state index is 7.20. The van der Waals surface area contributed by atoms with Gasteiger partial charge in [-0.05, 0) is 65.6 Å². The van der Waals surface area contributed by atoms with Crippen molar-refractivity contribution >= 4 is 65.7 Å². The first kappa shape index (κ1) is 35.4. The Kier molecular flexibility index (Phi) is 7.93. The maximum atomic E-state index is 7.20. The van der Waals surface area contributed by atoms with Gasteiger partial charge in [-0.25, -0.2) is 15.0 Å². The predicted octanol–water partition coefficient (Wildman–Crippen LogP) is 15.0. The van der Waals surface area contributed by atoms with Crippen molar-refractivity contribution in [3.8, 4) is 51.0 Å². The number of furan rings is 2. The molecule has 1 unspecified atom stereocenters. The fraction of sp³-hybridized carbons (Fsp3) is 0.0351. The van der Waals surface area contributed by atoms with Crippen LogP contribution in [0.3, 0.4) is 0 Å². The van der Waals surface area contributed by atoms with Crippen LogP contribution in [0.5, 0.6) is 0 Å². The Morgan fingerprint density at radius 3 is 1.92 bits per heavy atom. The Morgan fingerprint density at radius 1 is 0.444 bits per heavy atom. The van der Waals surface area contributed by atoms with Crippen molar-refractivity contribution in [3.63, 3.8) is 0 Å². The van der Waals surface area contributed by atoms with Gasteiger partial charge in [0.2, 0.25) is 0 Å². The summed E-state index contributed by atoms with van der Waals surface area (Å²) in [5.41, 5.74) is 12.6. The predicted molar refractivity (Wildman–Crippen MR) is 256 cm³/mol. The number of benzene rings is 8. The van der Waals surface area contributed by atoms with Crippen LogP contribution in [0, 0.1) is 0 Å². The van der Waals surface area contributed by atoms with E-state index in [1.54, 1.807) is 0 Å². The second-order valence-electron chi connectivity index (χ2n) is 16.2. The molecule has 0 fully saturated rings. The van der Waals surface area contributed by atoms with Gasteiger partial charge in [0.1, 0.15) is 16.7 Å². The Labute approximate surface area is 361 Å². The second-order valence-corrected chi connectivity index (χ2v) is 16.2. The fourth-order valence-corrected chi connectivity index (χ4v) is 9.74. The van der Waals surface area contributed by atoms with E-state index in [1.807, 2.05) is 60.7 Å². The first-order chi connectivity index (χ1) is 31.2. The van der Waals surface area contributed by atoms with Gasteiger partial charge in [0.15, 0.2) is 23.1 Å². The van der Waals surface area contributed by atoms with Crippen molar-refractivity contribution in [2.45, 2.75) is 12.3 Å². The molecule has 6 heteroatoms. The Hall–Kier alpha value is -8.35. The Balaban J connectivity index is 1.06. The SMILES string of the molecule is C1=CCC(c2cc(-c3ccccc3)cc3c2c2ccccc2n3-c2cccc3c2oc2c(-c4nc(-c5ccccc5)nc(-c5cccc6oc7ccccc7c56)n4)cccc23)C=C1. The van der Waals surface area contributed by atoms with Crippen molar-refractivity contribution in [2.75, 3.05) is 0 Å². The van der Waals surface area contributed by atoms with E-state index in [-0.39, 0.29) is 5.92 Å². The summed E-state index contributed by atoms with van der Waals surface area (Å²) in [6.45, 7) is 0. The Bertz CT molecular complexity index is 3840. The van der Waals surface area contributed by atoms with Crippen LogP contribution < -0.4 is 0 Å². The van der Waals surface area contributed by atoms with Crippen molar-refractivity contribution in [3.05, 3.63) is 206 Å². The van der Waals surface area contributed by atoms with E-state index >= 15 is 0 Å². The number of para-hydroxylation sites is 4. The molecule has 296 valence electrons. The quantitative estimate of drug-likeness (QED) is 0.167. The number of nitrogens with zero attached hydrogens (tertiary/aromatic N) is 4. The van der Waals surface area contributed by atoms with Crippen LogP contribution >= 0.6 is 0 Å². The molecule has 4 aromatic heterocycles. The van der Waals surface area contributed by atoms with E-state index in [4.69, 9.17) is 23.8 Å². The van der Waals surface area contributed by atoms with Gasteiger partial charge < -0.3 is 13.4 Å². The fourth-order valence-electron chi connectivity index (χ4n) is 9.74. The highest BCUT2D eigenvalue weighted by Crippen LogP contribution is 2.45. The molecule has 63 heavy (non-hydrogen) atoms. The van der Waals surface area contributed by atoms with Crippen molar-refractivity contribution in [2.24, 2.45) is 0 Å². The van der Waals surface area contributed by atoms with Gasteiger partial charge >= 0.3 is 0 Å². The monoisotopic (exact) mass is 808 g/mol. The summed E-state index contributed by atoms with van der Waals surface area (Å²) >= 11 is 0. The number of fused-ring (bicyclic) bond motifs is 9. The molecule has 8 aromatic carbocycles. The first-order valence-corrected chi connectivity index (χ1v) is 21.4. The summed E-state index contributed by atoms with van der Waals surface area (Å²) in [6.07, 6.45) is 9.89. The largest absolute Gasteiger partial charge is 0.456 e. The van der Waals surface area contributed by atoms with Gasteiger partial charge in [0.25, 0.3) is 0 Å². The Morgan fingerprint density at radius 2 is 1.10 bits per heavy atom. The van der Waals surface area contributed by atoms with E-state index < -0.39 is 0 Å². The van der Waals surface area contributed by atoms with Gasteiger partial charge in [-0.3, -0.25) is 0 Å². The minimum absolute atomic E-state index is 0.246. The molecule has 0 aliphatic heterocycles. The zero-order valence-electron chi connectivity index (χ0n) is 33.9. The number of hydrogen-bond acceptors (Lipinski definition) is 5. The van der Waals surface area contributed by atoms with Gasteiger partial charge in [-0.2, -0.15) is 0 Å². The highest BCUT2D eigenvalue weighted by atomic mass is 16.3. The highest BCUT2D eigenvalue weighted by molar-refractivity contribution is 6.16. The molecule has 6 nitrogen and oxygen atoms in total. The van der Waals surface area contributed by atoms with Crippen LogP contribution in [-0.2, 0) is 0 Å². The molecule has 0 saturated heterocycles. The second kappa shape index (κ2) is 14.1. The summed E-state index contributed by atoms with van der Waals surface area (Å²) < 4.78 is 15.9.